The number of hydrogen-bond acceptors (Lipinski definition) is 5. The van der Waals surface area contributed by atoms with Gasteiger partial charge in [-0.25, -0.2) is 4.98 Å². The van der Waals surface area contributed by atoms with Crippen LogP contribution in [-0.4, -0.2) is 16.9 Å². The molecule has 0 aliphatic carbocycles. The minimum atomic E-state index is -0.560. The molecular formula is C25H27N3O3. The van der Waals surface area contributed by atoms with Crippen molar-refractivity contribution in [2.24, 2.45) is 11.7 Å². The number of benzene rings is 2. The maximum atomic E-state index is 12.1. The topological polar surface area (TPSA) is 86.5 Å². The summed E-state index contributed by atoms with van der Waals surface area (Å²) in [5.41, 5.74) is 8.77. The summed E-state index contributed by atoms with van der Waals surface area (Å²) in [4.78, 5) is 16.4. The molecule has 2 heterocycles. The van der Waals surface area contributed by atoms with Crippen LogP contribution in [0.25, 0.3) is 0 Å². The third-order valence-corrected chi connectivity index (χ3v) is 5.40. The van der Waals surface area contributed by atoms with Crippen molar-refractivity contribution in [3.8, 4) is 17.4 Å². The predicted molar refractivity (Wildman–Crippen MR) is 120 cm³/mol. The number of carbonyl (C=O) groups excluding carboxylic acids is 1. The number of aryl methyl sites for hydroxylation is 1. The highest BCUT2D eigenvalue weighted by Gasteiger charge is 2.22. The molecule has 0 saturated heterocycles. The van der Waals surface area contributed by atoms with E-state index in [2.05, 4.69) is 22.4 Å². The first-order chi connectivity index (χ1) is 15.0. The van der Waals surface area contributed by atoms with Gasteiger partial charge in [-0.2, -0.15) is 0 Å². The lowest BCUT2D eigenvalue weighted by atomic mass is 9.97. The molecule has 1 aliphatic heterocycles. The van der Waals surface area contributed by atoms with Gasteiger partial charge in [-0.15, -0.1) is 0 Å². The fraction of sp³-hybridized carbons (Fsp3) is 0.280. The van der Waals surface area contributed by atoms with E-state index in [0.717, 1.165) is 24.2 Å². The second-order valence-corrected chi connectivity index (χ2v) is 8.07. The molecule has 31 heavy (non-hydrogen) atoms. The Labute approximate surface area is 182 Å². The van der Waals surface area contributed by atoms with E-state index < -0.39 is 6.04 Å². The van der Waals surface area contributed by atoms with E-state index in [0.29, 0.717) is 17.3 Å². The molecule has 3 aromatic rings. The molecule has 0 bridgehead atoms. The van der Waals surface area contributed by atoms with Gasteiger partial charge in [-0.05, 0) is 54.2 Å². The number of amides is 1. The molecule has 3 N–H and O–H groups in total. The molecule has 0 fully saturated rings. The van der Waals surface area contributed by atoms with Crippen LogP contribution in [0.5, 0.6) is 17.4 Å². The van der Waals surface area contributed by atoms with Crippen molar-refractivity contribution in [2.45, 2.75) is 38.8 Å². The summed E-state index contributed by atoms with van der Waals surface area (Å²) in [5.74, 6) is 1.87. The lowest BCUT2D eigenvalue weighted by Gasteiger charge is -2.26. The van der Waals surface area contributed by atoms with E-state index in [9.17, 15) is 4.79 Å². The maximum absolute atomic E-state index is 12.1. The Kier molecular flexibility index (Phi) is 6.18. The smallest absolute Gasteiger partial charge is 0.241 e. The Morgan fingerprint density at radius 3 is 2.68 bits per heavy atom. The lowest BCUT2D eigenvalue weighted by Crippen LogP contribution is -2.39. The van der Waals surface area contributed by atoms with Crippen molar-refractivity contribution in [3.63, 3.8) is 0 Å². The van der Waals surface area contributed by atoms with Crippen molar-refractivity contribution in [2.75, 3.05) is 5.32 Å². The highest BCUT2D eigenvalue weighted by Crippen LogP contribution is 2.37. The lowest BCUT2D eigenvalue weighted by molar-refractivity contribution is -0.118. The van der Waals surface area contributed by atoms with E-state index >= 15 is 0 Å². The zero-order valence-corrected chi connectivity index (χ0v) is 17.7. The quantitative estimate of drug-likeness (QED) is 0.598. The number of hydrogen-bond donors (Lipinski definition) is 2. The first-order valence-electron chi connectivity index (χ1n) is 10.5. The van der Waals surface area contributed by atoms with E-state index in [-0.39, 0.29) is 17.9 Å². The number of aromatic nitrogens is 1. The van der Waals surface area contributed by atoms with E-state index in [4.69, 9.17) is 15.2 Å². The standard InChI is InChI=1S/C25H27N3O3/c1-16(2)24(26)25(29)28-19-9-13-23(27-15-19)30-20-10-12-22-18(14-20)8-11-21(31-22)17-6-4-3-5-7-17/h3-7,9-10,12-16,21,24H,8,11,26H2,1-2H3,(H,28,29). The minimum absolute atomic E-state index is 0.0616. The van der Waals surface area contributed by atoms with Crippen LogP contribution >= 0.6 is 0 Å². The highest BCUT2D eigenvalue weighted by molar-refractivity contribution is 5.94. The van der Waals surface area contributed by atoms with Gasteiger partial charge in [0, 0.05) is 6.07 Å². The molecule has 0 spiro atoms. The molecule has 160 valence electrons. The highest BCUT2D eigenvalue weighted by atomic mass is 16.5. The Balaban J connectivity index is 1.39. The average Bonchev–Trinajstić information content (AvgIpc) is 2.80. The Morgan fingerprint density at radius 2 is 1.97 bits per heavy atom. The number of ether oxygens (including phenoxy) is 2. The number of nitrogens with one attached hydrogen (secondary N) is 1. The van der Waals surface area contributed by atoms with Gasteiger partial charge in [0.05, 0.1) is 17.9 Å². The second-order valence-electron chi connectivity index (χ2n) is 8.07. The molecular weight excluding hydrogens is 390 g/mol. The molecule has 2 atom stereocenters. The van der Waals surface area contributed by atoms with Gasteiger partial charge in [-0.3, -0.25) is 4.79 Å². The third kappa shape index (κ3) is 5.03. The van der Waals surface area contributed by atoms with Crippen molar-refractivity contribution in [1.29, 1.82) is 0 Å². The Bertz CT molecular complexity index is 1040. The molecule has 6 nitrogen and oxygen atoms in total. The molecule has 4 rings (SSSR count). The molecule has 0 saturated carbocycles. The first kappa shape index (κ1) is 20.9. The average molecular weight is 418 g/mol. The molecule has 0 radical (unpaired) electrons. The van der Waals surface area contributed by atoms with Gasteiger partial charge in [0.25, 0.3) is 0 Å². The van der Waals surface area contributed by atoms with Crippen LogP contribution in [0.4, 0.5) is 5.69 Å². The van der Waals surface area contributed by atoms with Crippen LogP contribution in [-0.2, 0) is 11.2 Å². The fourth-order valence-corrected chi connectivity index (χ4v) is 3.49. The van der Waals surface area contributed by atoms with E-state index in [1.165, 1.54) is 5.56 Å². The van der Waals surface area contributed by atoms with Crippen molar-refractivity contribution in [3.05, 3.63) is 78.0 Å². The number of nitrogens with zero attached hydrogens (tertiary/aromatic N) is 1. The number of nitrogens with two attached hydrogens (primary N) is 1. The largest absolute Gasteiger partial charge is 0.485 e. The first-order valence-corrected chi connectivity index (χ1v) is 10.5. The predicted octanol–water partition coefficient (Wildman–Crippen LogP) is 4.86. The van der Waals surface area contributed by atoms with Crippen LogP contribution in [0.2, 0.25) is 0 Å². The van der Waals surface area contributed by atoms with Gasteiger partial charge in [0.1, 0.15) is 17.6 Å². The summed E-state index contributed by atoms with van der Waals surface area (Å²) in [6.45, 7) is 3.82. The fourth-order valence-electron chi connectivity index (χ4n) is 3.49. The minimum Gasteiger partial charge on any atom is -0.485 e. The molecule has 1 amide bonds. The molecule has 1 aliphatic rings. The Morgan fingerprint density at radius 1 is 1.16 bits per heavy atom. The van der Waals surface area contributed by atoms with Gasteiger partial charge in [0.15, 0.2) is 0 Å². The Hall–Kier alpha value is -3.38. The van der Waals surface area contributed by atoms with Crippen LogP contribution < -0.4 is 20.5 Å². The molecule has 6 heteroatoms. The zero-order chi connectivity index (χ0) is 21.8. The summed E-state index contributed by atoms with van der Waals surface area (Å²) >= 11 is 0. The van der Waals surface area contributed by atoms with Gasteiger partial charge in [-0.1, -0.05) is 44.2 Å². The van der Waals surface area contributed by atoms with Crippen molar-refractivity contribution in [1.82, 2.24) is 4.98 Å². The zero-order valence-electron chi connectivity index (χ0n) is 17.7. The molecule has 2 unspecified atom stereocenters. The summed E-state index contributed by atoms with van der Waals surface area (Å²) in [5, 5.41) is 2.77. The third-order valence-electron chi connectivity index (χ3n) is 5.40. The summed E-state index contributed by atoms with van der Waals surface area (Å²) in [6, 6.07) is 19.0. The monoisotopic (exact) mass is 417 g/mol. The molecule has 1 aromatic heterocycles. The number of carbonyl (C=O) groups is 1. The van der Waals surface area contributed by atoms with Crippen molar-refractivity contribution >= 4 is 11.6 Å². The van der Waals surface area contributed by atoms with Crippen LogP contribution in [0.1, 0.15) is 37.5 Å². The SMILES string of the molecule is CC(C)C(N)C(=O)Nc1ccc(Oc2ccc3c(c2)CCC(c2ccccc2)O3)nc1. The van der Waals surface area contributed by atoms with Crippen molar-refractivity contribution < 1.29 is 14.3 Å². The van der Waals surface area contributed by atoms with E-state index in [1.54, 1.807) is 18.3 Å². The number of rotatable bonds is 6. The number of pyridine rings is 1. The molecule has 2 aromatic carbocycles. The second kappa shape index (κ2) is 9.18. The van der Waals surface area contributed by atoms with Crippen LogP contribution in [0.3, 0.4) is 0 Å². The summed E-state index contributed by atoms with van der Waals surface area (Å²) in [7, 11) is 0. The number of fused-ring (bicyclic) bond motifs is 1. The van der Waals surface area contributed by atoms with Gasteiger partial charge >= 0.3 is 0 Å². The maximum Gasteiger partial charge on any atom is 0.241 e. The van der Waals surface area contributed by atoms with Crippen LogP contribution in [0.15, 0.2) is 66.9 Å². The van der Waals surface area contributed by atoms with E-state index in [1.807, 2.05) is 50.2 Å². The van der Waals surface area contributed by atoms with Crippen LogP contribution in [0, 0.1) is 5.92 Å². The number of anilines is 1. The normalized spacial score (nSPS) is 16.2. The summed E-state index contributed by atoms with van der Waals surface area (Å²) in [6.07, 6.45) is 3.48. The van der Waals surface area contributed by atoms with Gasteiger partial charge < -0.3 is 20.5 Å². The van der Waals surface area contributed by atoms with Gasteiger partial charge in [0.2, 0.25) is 11.8 Å². The summed E-state index contributed by atoms with van der Waals surface area (Å²) < 4.78 is 12.1.